The molecule has 1 aromatic rings. The Bertz CT molecular complexity index is 555. The van der Waals surface area contributed by atoms with Crippen molar-refractivity contribution in [2.24, 2.45) is 5.92 Å². The van der Waals surface area contributed by atoms with Gasteiger partial charge in [0.15, 0.2) is 0 Å². The van der Waals surface area contributed by atoms with E-state index in [0.717, 1.165) is 11.5 Å². The predicted octanol–water partition coefficient (Wildman–Crippen LogP) is 5.39. The summed E-state index contributed by atoms with van der Waals surface area (Å²) in [6, 6.07) is 10.3. The zero-order chi connectivity index (χ0) is 18.7. The highest BCUT2D eigenvalue weighted by Gasteiger charge is 2.34. The van der Waals surface area contributed by atoms with Gasteiger partial charge in [-0.1, -0.05) is 46.4 Å². The lowest BCUT2D eigenvalue weighted by atomic mass is 9.80. The van der Waals surface area contributed by atoms with Gasteiger partial charge in [0.1, 0.15) is 0 Å². The normalized spacial score (nSPS) is 25.0. The van der Waals surface area contributed by atoms with Crippen LogP contribution in [0.15, 0.2) is 37.0 Å². The van der Waals surface area contributed by atoms with Gasteiger partial charge in [-0.2, -0.15) is 5.26 Å². The first-order chi connectivity index (χ1) is 12.1. The Morgan fingerprint density at radius 3 is 2.52 bits per heavy atom. The van der Waals surface area contributed by atoms with E-state index in [4.69, 9.17) is 5.26 Å². The van der Waals surface area contributed by atoms with Crippen LogP contribution in [-0.2, 0) is 5.41 Å². The summed E-state index contributed by atoms with van der Waals surface area (Å²) >= 11 is 0. The monoisotopic (exact) mass is 341 g/mol. The predicted molar refractivity (Wildman–Crippen MR) is 107 cm³/mol. The molecule has 0 amide bonds. The van der Waals surface area contributed by atoms with E-state index in [0.29, 0.717) is 5.41 Å². The van der Waals surface area contributed by atoms with Crippen molar-refractivity contribution in [2.45, 2.75) is 65.2 Å². The van der Waals surface area contributed by atoms with E-state index in [1.54, 1.807) is 6.20 Å². The highest BCUT2D eigenvalue weighted by molar-refractivity contribution is 5.36. The number of nitriles is 1. The van der Waals surface area contributed by atoms with Crippen LogP contribution in [0.2, 0.25) is 0 Å². The van der Waals surface area contributed by atoms with E-state index in [1.807, 2.05) is 26.0 Å². The van der Waals surface area contributed by atoms with Crippen molar-refractivity contribution >= 4 is 0 Å². The van der Waals surface area contributed by atoms with Gasteiger partial charge in [-0.3, -0.25) is 0 Å². The molecule has 1 aliphatic carbocycles. The maximum absolute atomic E-state index is 8.89. The van der Waals surface area contributed by atoms with Crippen LogP contribution in [0.25, 0.3) is 0 Å². The average molecular weight is 342 g/mol. The molecule has 1 heterocycles. The van der Waals surface area contributed by atoms with Crippen LogP contribution in [0.1, 0.15) is 70.9 Å². The van der Waals surface area contributed by atoms with Gasteiger partial charge in [0, 0.05) is 19.3 Å². The Labute approximate surface area is 154 Å². The second kappa shape index (κ2) is 10.9. The van der Waals surface area contributed by atoms with E-state index in [1.165, 1.54) is 50.8 Å². The lowest BCUT2D eigenvalue weighted by molar-refractivity contribution is 0.279. The van der Waals surface area contributed by atoms with Crippen LogP contribution >= 0.6 is 0 Å². The highest BCUT2D eigenvalue weighted by atomic mass is 15.5. The molecule has 0 aromatic heterocycles. The number of hydrogen-bond acceptors (Lipinski definition) is 3. The van der Waals surface area contributed by atoms with Crippen LogP contribution < -0.4 is 5.43 Å². The number of nitrogens with one attached hydrogen (secondary N) is 1. The van der Waals surface area contributed by atoms with Gasteiger partial charge in [-0.15, -0.1) is 0 Å². The van der Waals surface area contributed by atoms with Gasteiger partial charge >= 0.3 is 0 Å². The molecule has 1 aromatic carbocycles. The van der Waals surface area contributed by atoms with Gasteiger partial charge in [0.05, 0.1) is 11.6 Å². The summed E-state index contributed by atoms with van der Waals surface area (Å²) in [5.74, 6) is 0.820. The molecule has 1 saturated heterocycles. The molecule has 0 spiro atoms. The number of nitrogens with zero attached hydrogens (tertiary/aromatic N) is 2. The molecule has 1 N–H and O–H groups in total. The Morgan fingerprint density at radius 2 is 2.00 bits per heavy atom. The van der Waals surface area contributed by atoms with Gasteiger partial charge in [0.25, 0.3) is 0 Å². The van der Waals surface area contributed by atoms with E-state index < -0.39 is 0 Å². The zero-order valence-corrected chi connectivity index (χ0v) is 16.5. The molecule has 3 heteroatoms. The third-order valence-corrected chi connectivity index (χ3v) is 5.06. The first-order valence-electron chi connectivity index (χ1n) is 9.70. The highest BCUT2D eigenvalue weighted by Crippen LogP contribution is 2.43. The Hall–Kier alpha value is -1.79. The van der Waals surface area contributed by atoms with Crippen molar-refractivity contribution in [3.8, 4) is 6.07 Å². The van der Waals surface area contributed by atoms with Crippen molar-refractivity contribution < 1.29 is 0 Å². The van der Waals surface area contributed by atoms with E-state index in [-0.39, 0.29) is 0 Å². The summed E-state index contributed by atoms with van der Waals surface area (Å²) in [6.07, 6.45) is 8.19. The van der Waals surface area contributed by atoms with Gasteiger partial charge < -0.3 is 5.43 Å². The van der Waals surface area contributed by atoms with Crippen molar-refractivity contribution in [3.05, 3.63) is 48.2 Å². The second-order valence-corrected chi connectivity index (χ2v) is 7.13. The van der Waals surface area contributed by atoms with E-state index >= 15 is 0 Å². The molecule has 2 fully saturated rings. The smallest absolute Gasteiger partial charge is 0.0991 e. The van der Waals surface area contributed by atoms with Crippen LogP contribution in [0, 0.1) is 17.2 Å². The summed E-state index contributed by atoms with van der Waals surface area (Å²) in [5.41, 5.74) is 5.46. The molecule has 2 aliphatic rings. The molecule has 1 saturated carbocycles. The maximum atomic E-state index is 8.89. The fourth-order valence-corrected chi connectivity index (χ4v) is 3.74. The molecule has 2 atom stereocenters. The van der Waals surface area contributed by atoms with Crippen molar-refractivity contribution in [2.75, 3.05) is 13.1 Å². The third-order valence-electron chi connectivity index (χ3n) is 5.06. The molecule has 1 aliphatic heterocycles. The van der Waals surface area contributed by atoms with Crippen LogP contribution in [0.5, 0.6) is 0 Å². The van der Waals surface area contributed by atoms with Gasteiger partial charge in [-0.05, 0) is 61.1 Å². The fourth-order valence-electron chi connectivity index (χ4n) is 3.74. The largest absolute Gasteiger partial charge is 0.327 e. The number of hydrogen-bond donors (Lipinski definition) is 1. The lowest BCUT2D eigenvalue weighted by Gasteiger charge is -2.24. The number of hydrazine groups is 1. The van der Waals surface area contributed by atoms with Crippen LogP contribution in [-0.4, -0.2) is 18.1 Å². The first-order valence-corrected chi connectivity index (χ1v) is 9.70. The maximum Gasteiger partial charge on any atom is 0.0991 e. The van der Waals surface area contributed by atoms with Crippen LogP contribution in [0.3, 0.4) is 0 Å². The second-order valence-electron chi connectivity index (χ2n) is 7.13. The average Bonchev–Trinajstić information content (AvgIpc) is 3.28. The van der Waals surface area contributed by atoms with E-state index in [9.17, 15) is 0 Å². The van der Waals surface area contributed by atoms with E-state index in [2.05, 4.69) is 49.1 Å². The summed E-state index contributed by atoms with van der Waals surface area (Å²) in [5, 5.41) is 11.1. The topological polar surface area (TPSA) is 39.1 Å². The molecular weight excluding hydrogens is 306 g/mol. The first kappa shape index (κ1) is 21.3. The molecule has 25 heavy (non-hydrogen) atoms. The zero-order valence-electron chi connectivity index (χ0n) is 16.5. The SMILES string of the molecule is C=CNN1CCCC1.CC.CC1CCC(C)(c2cccc(C#N)c2)C1. The summed E-state index contributed by atoms with van der Waals surface area (Å²) in [7, 11) is 0. The summed E-state index contributed by atoms with van der Waals surface area (Å²) in [4.78, 5) is 0. The van der Waals surface area contributed by atoms with Crippen molar-refractivity contribution in [1.82, 2.24) is 10.4 Å². The Morgan fingerprint density at radius 1 is 1.32 bits per heavy atom. The van der Waals surface area contributed by atoms with Gasteiger partial charge in [-0.25, -0.2) is 5.01 Å². The van der Waals surface area contributed by atoms with Crippen molar-refractivity contribution in [1.29, 1.82) is 5.26 Å². The molecule has 138 valence electrons. The summed E-state index contributed by atoms with van der Waals surface area (Å²) in [6.45, 7) is 14.6. The van der Waals surface area contributed by atoms with Gasteiger partial charge in [0.2, 0.25) is 0 Å². The Balaban J connectivity index is 0.000000264. The molecule has 3 nitrogen and oxygen atoms in total. The molecule has 3 rings (SSSR count). The fraction of sp³-hybridized carbons (Fsp3) is 0.591. The molecule has 0 bridgehead atoms. The minimum Gasteiger partial charge on any atom is -0.327 e. The third kappa shape index (κ3) is 6.55. The quantitative estimate of drug-likeness (QED) is 0.801. The molecule has 2 unspecified atom stereocenters. The lowest BCUT2D eigenvalue weighted by Crippen LogP contribution is -2.30. The Kier molecular flexibility index (Phi) is 9.31. The minimum absolute atomic E-state index is 0.298. The molecule has 0 radical (unpaired) electrons. The molecular formula is C22H35N3. The minimum atomic E-state index is 0.298. The number of rotatable bonds is 3. The summed E-state index contributed by atoms with van der Waals surface area (Å²) < 4.78 is 0. The number of benzene rings is 1. The van der Waals surface area contributed by atoms with Crippen LogP contribution in [0.4, 0.5) is 0 Å². The standard InChI is InChI=1S/C14H17N.C6H12N2.C2H6/c1-11-6-7-14(2,9-11)13-5-3-4-12(8-13)10-15;1-2-7-8-5-3-4-6-8;1-2/h3-5,8,11H,6-7,9H2,1-2H3;2,7H,1,3-6H2;1-2H3. The van der Waals surface area contributed by atoms with Crippen molar-refractivity contribution in [3.63, 3.8) is 0 Å².